The Hall–Kier alpha value is -1.14. The average molecular weight is 358 g/mol. The minimum absolute atomic E-state index is 0.425. The summed E-state index contributed by atoms with van der Waals surface area (Å²) in [4.78, 5) is 26.1. The lowest BCUT2D eigenvalue weighted by Gasteiger charge is -2.19. The van der Waals surface area contributed by atoms with Gasteiger partial charge in [-0.1, -0.05) is 13.3 Å². The first kappa shape index (κ1) is 19.2. The summed E-state index contributed by atoms with van der Waals surface area (Å²) in [5.41, 5.74) is -0.622. The van der Waals surface area contributed by atoms with Crippen molar-refractivity contribution in [3.05, 3.63) is 32.6 Å². The molecule has 7 nitrogen and oxygen atoms in total. The minimum Gasteiger partial charge on any atom is -0.388 e. The van der Waals surface area contributed by atoms with Crippen LogP contribution in [0.5, 0.6) is 0 Å². The molecule has 0 spiro atoms. The molecule has 24 heavy (non-hydrogen) atoms. The fraction of sp³-hybridized carbons (Fsp3) is 0.688. The molecule has 1 unspecified atom stereocenters. The molecule has 1 fully saturated rings. The number of aliphatic hydroxyl groups excluding tert-OH is 2. The van der Waals surface area contributed by atoms with Gasteiger partial charge in [0, 0.05) is 11.8 Å². The van der Waals surface area contributed by atoms with Crippen molar-refractivity contribution < 1.29 is 14.9 Å². The molecule has 0 bridgehead atoms. The second kappa shape index (κ2) is 7.40. The molecule has 8 heteroatoms. The van der Waals surface area contributed by atoms with E-state index in [1.165, 1.54) is 10.8 Å². The van der Waals surface area contributed by atoms with Gasteiger partial charge in [-0.3, -0.25) is 14.3 Å². The van der Waals surface area contributed by atoms with Gasteiger partial charge >= 0.3 is 5.69 Å². The molecule has 0 aliphatic carbocycles. The third kappa shape index (κ3) is 4.28. The quantitative estimate of drug-likeness (QED) is 0.631. The fourth-order valence-electron chi connectivity index (χ4n) is 2.84. The van der Waals surface area contributed by atoms with Crippen LogP contribution in [0.4, 0.5) is 0 Å². The first-order valence-electron chi connectivity index (χ1n) is 8.17. The fourth-order valence-corrected chi connectivity index (χ4v) is 3.79. The molecule has 0 saturated carbocycles. The van der Waals surface area contributed by atoms with E-state index in [4.69, 9.17) is 4.74 Å². The van der Waals surface area contributed by atoms with Crippen molar-refractivity contribution in [1.82, 2.24) is 9.55 Å². The number of aromatic nitrogens is 2. The molecule has 1 saturated heterocycles. The van der Waals surface area contributed by atoms with Crippen molar-refractivity contribution in [3.8, 4) is 0 Å². The third-order valence-electron chi connectivity index (χ3n) is 4.19. The van der Waals surface area contributed by atoms with E-state index in [-0.39, 0.29) is 0 Å². The van der Waals surface area contributed by atoms with E-state index in [0.29, 0.717) is 18.4 Å². The molecular formula is C16H27N2O5P. The van der Waals surface area contributed by atoms with Gasteiger partial charge in [0.2, 0.25) is 0 Å². The maximum absolute atomic E-state index is 12.1. The van der Waals surface area contributed by atoms with Crippen molar-refractivity contribution in [2.24, 2.45) is 0 Å². The lowest BCUT2D eigenvalue weighted by Crippen LogP contribution is -2.38. The summed E-state index contributed by atoms with van der Waals surface area (Å²) in [5.74, 6) is 0. The second-order valence-corrected chi connectivity index (χ2v) is 11.4. The highest BCUT2D eigenvalue weighted by atomic mass is 31.2. The molecule has 0 radical (unpaired) electrons. The van der Waals surface area contributed by atoms with E-state index in [2.05, 4.69) is 24.6 Å². The van der Waals surface area contributed by atoms with Crippen LogP contribution in [0.3, 0.4) is 0 Å². The molecule has 1 aliphatic heterocycles. The van der Waals surface area contributed by atoms with Crippen LogP contribution in [0.25, 0.3) is 0 Å². The molecular weight excluding hydrogens is 331 g/mol. The summed E-state index contributed by atoms with van der Waals surface area (Å²) >= 11 is 0. The van der Waals surface area contributed by atoms with Gasteiger partial charge < -0.3 is 14.9 Å². The maximum Gasteiger partial charge on any atom is 0.330 e. The number of ether oxygens (including phenoxy) is 1. The summed E-state index contributed by atoms with van der Waals surface area (Å²) in [6, 6.07) is 0. The van der Waals surface area contributed by atoms with E-state index in [0.717, 1.165) is 12.6 Å². The largest absolute Gasteiger partial charge is 0.388 e. The zero-order valence-corrected chi connectivity index (χ0v) is 15.3. The van der Waals surface area contributed by atoms with Crippen LogP contribution in [0.2, 0.25) is 0 Å². The molecule has 2 heterocycles. The van der Waals surface area contributed by atoms with Crippen molar-refractivity contribution >= 4 is 13.2 Å². The van der Waals surface area contributed by atoms with Gasteiger partial charge in [0.1, 0.15) is 12.2 Å². The molecule has 2 rings (SSSR count). The number of rotatable bonds is 6. The highest BCUT2D eigenvalue weighted by molar-refractivity contribution is 7.72. The zero-order valence-electron chi connectivity index (χ0n) is 14.4. The molecule has 1 aromatic heterocycles. The van der Waals surface area contributed by atoms with Gasteiger partial charge in [0.25, 0.3) is 5.56 Å². The lowest BCUT2D eigenvalue weighted by atomic mass is 10.1. The maximum atomic E-state index is 12.1. The van der Waals surface area contributed by atoms with Gasteiger partial charge in [-0.05, 0) is 32.3 Å². The topological polar surface area (TPSA) is 105 Å². The molecule has 4 atom stereocenters. The molecule has 0 aromatic carbocycles. The Kier molecular flexibility index (Phi) is 5.91. The molecule has 1 aromatic rings. The van der Waals surface area contributed by atoms with E-state index in [1.807, 2.05) is 6.92 Å². The van der Waals surface area contributed by atoms with E-state index >= 15 is 0 Å². The highest BCUT2D eigenvalue weighted by Crippen LogP contribution is 2.39. The van der Waals surface area contributed by atoms with Crippen LogP contribution < -0.4 is 11.2 Å². The Labute approximate surface area is 141 Å². The van der Waals surface area contributed by atoms with Crippen molar-refractivity contribution in [3.63, 3.8) is 0 Å². The second-order valence-electron chi connectivity index (χ2n) is 7.07. The lowest BCUT2D eigenvalue weighted by molar-refractivity contribution is -0.0404. The van der Waals surface area contributed by atoms with Gasteiger partial charge in [0.15, 0.2) is 6.23 Å². The van der Waals surface area contributed by atoms with E-state index in [9.17, 15) is 19.8 Å². The minimum atomic E-state index is -1.28. The molecule has 0 amide bonds. The number of hydrogen-bond acceptors (Lipinski definition) is 5. The molecule has 3 N–H and O–H groups in total. The highest BCUT2D eigenvalue weighted by Gasteiger charge is 2.43. The normalized spacial score (nSPS) is 27.5. The smallest absolute Gasteiger partial charge is 0.330 e. The number of aliphatic hydroxyl groups is 2. The van der Waals surface area contributed by atoms with E-state index in [1.54, 1.807) is 0 Å². The van der Waals surface area contributed by atoms with E-state index < -0.39 is 42.7 Å². The Balaban J connectivity index is 2.26. The Bertz CT molecular complexity index is 735. The monoisotopic (exact) mass is 358 g/mol. The standard InChI is InChI=1S/C16H27N2O5P/c1-5-6-10-9-18(16(22)17-14(10)21)15-13(20)12(19)11(23-15)7-8-24(2,3)4/h9,11-13,15,19-20H,2,5-8H2,1,3-4H3,(H,17,21,22)/t11-,12-,13?,15-/m1/s1. The van der Waals surface area contributed by atoms with Gasteiger partial charge in [-0.15, -0.1) is 13.2 Å². The summed E-state index contributed by atoms with van der Waals surface area (Å²) < 4.78 is 6.92. The SMILES string of the molecule is C=P(C)(C)CC[C@H]1O[C@@H](n2cc(CCC)c(=O)[nH]c2=O)C(O)[C@@H]1O. The number of aryl methyl sites for hydroxylation is 1. The Morgan fingerprint density at radius 1 is 1.33 bits per heavy atom. The van der Waals surface area contributed by atoms with Gasteiger partial charge in [0.05, 0.1) is 6.10 Å². The molecule has 1 aliphatic rings. The van der Waals surface area contributed by atoms with Crippen LogP contribution in [-0.2, 0) is 11.2 Å². The summed E-state index contributed by atoms with van der Waals surface area (Å²) in [6.45, 7) is 4.83. The van der Waals surface area contributed by atoms with Crippen molar-refractivity contribution in [2.75, 3.05) is 19.5 Å². The third-order valence-corrected chi connectivity index (χ3v) is 5.66. The van der Waals surface area contributed by atoms with Crippen LogP contribution in [0, 0.1) is 0 Å². The average Bonchev–Trinajstić information content (AvgIpc) is 2.75. The predicted octanol–water partition coefficient (Wildman–Crippen LogP) is 0.208. The van der Waals surface area contributed by atoms with Crippen LogP contribution in [0.15, 0.2) is 15.8 Å². The Morgan fingerprint density at radius 2 is 2.00 bits per heavy atom. The van der Waals surface area contributed by atoms with Gasteiger partial charge in [-0.2, -0.15) is 0 Å². The number of nitrogens with zero attached hydrogens (tertiary/aromatic N) is 1. The van der Waals surface area contributed by atoms with Crippen LogP contribution in [0.1, 0.15) is 31.6 Å². The number of aromatic amines is 1. The first-order chi connectivity index (χ1) is 11.1. The zero-order chi connectivity index (χ0) is 18.1. The van der Waals surface area contributed by atoms with Crippen LogP contribution in [-0.4, -0.2) is 63.9 Å². The van der Waals surface area contributed by atoms with Gasteiger partial charge in [-0.25, -0.2) is 4.79 Å². The summed E-state index contributed by atoms with van der Waals surface area (Å²) in [6.07, 6.45) is 4.35. The Morgan fingerprint density at radius 3 is 2.58 bits per heavy atom. The number of nitrogens with one attached hydrogen (secondary N) is 1. The number of H-pyrrole nitrogens is 1. The first-order valence-corrected chi connectivity index (χ1v) is 11.2. The summed E-state index contributed by atoms with van der Waals surface area (Å²) in [7, 11) is 0. The molecule has 136 valence electrons. The predicted molar refractivity (Wildman–Crippen MR) is 96.6 cm³/mol. The van der Waals surface area contributed by atoms with Crippen LogP contribution >= 0.6 is 6.89 Å². The van der Waals surface area contributed by atoms with Crippen molar-refractivity contribution in [2.45, 2.75) is 50.7 Å². The van der Waals surface area contributed by atoms with Crippen molar-refractivity contribution in [1.29, 1.82) is 0 Å². The number of hydrogen-bond donors (Lipinski definition) is 3. The summed E-state index contributed by atoms with van der Waals surface area (Å²) in [5, 5.41) is 20.5.